The Bertz CT molecular complexity index is 1140. The van der Waals surface area contributed by atoms with Crippen molar-refractivity contribution < 1.29 is 22.7 Å². The van der Waals surface area contributed by atoms with Gasteiger partial charge in [0.25, 0.3) is 5.91 Å². The van der Waals surface area contributed by atoms with Crippen LogP contribution in [0, 0.1) is 0 Å². The summed E-state index contributed by atoms with van der Waals surface area (Å²) in [6.45, 7) is 0.586. The van der Waals surface area contributed by atoms with Crippen LogP contribution in [0.2, 0.25) is 0 Å². The van der Waals surface area contributed by atoms with Gasteiger partial charge in [-0.3, -0.25) is 14.4 Å². The first-order chi connectivity index (χ1) is 14.8. The van der Waals surface area contributed by atoms with E-state index in [2.05, 4.69) is 15.2 Å². The monoisotopic (exact) mass is 444 g/mol. The molecule has 0 unspecified atom stereocenters. The largest absolute Gasteiger partial charge is 0.573 e. The van der Waals surface area contributed by atoms with Gasteiger partial charge in [-0.15, -0.1) is 13.2 Å². The molecule has 1 aromatic heterocycles. The van der Waals surface area contributed by atoms with Crippen LogP contribution in [-0.4, -0.2) is 27.2 Å². The van der Waals surface area contributed by atoms with Crippen LogP contribution in [0.25, 0.3) is 6.08 Å². The average molecular weight is 444 g/mol. The quantitative estimate of drug-likeness (QED) is 0.475. The molecule has 1 aliphatic heterocycles. The number of hydrogen-bond donors (Lipinski definition) is 1. The number of thiocarbonyl (C=S) groups is 1. The summed E-state index contributed by atoms with van der Waals surface area (Å²) in [5.74, 6) is -0.811. The maximum absolute atomic E-state index is 12.8. The van der Waals surface area contributed by atoms with E-state index in [0.717, 1.165) is 17.7 Å². The number of carbonyl (C=O) groups excluding carboxylic acids is 1. The number of amides is 1. The van der Waals surface area contributed by atoms with Crippen molar-refractivity contribution in [2.75, 3.05) is 4.90 Å². The molecule has 1 aliphatic rings. The number of benzene rings is 2. The zero-order valence-electron chi connectivity index (χ0n) is 15.8. The number of carbonyl (C=O) groups is 1. The summed E-state index contributed by atoms with van der Waals surface area (Å²) in [5.41, 5.74) is 2.34. The Morgan fingerprint density at radius 3 is 2.48 bits per heavy atom. The lowest BCUT2D eigenvalue weighted by atomic mass is 10.2. The van der Waals surface area contributed by atoms with Crippen LogP contribution in [-0.2, 0) is 11.3 Å². The zero-order chi connectivity index (χ0) is 22.0. The second-order valence-electron chi connectivity index (χ2n) is 6.63. The highest BCUT2D eigenvalue weighted by atomic mass is 32.1. The molecule has 2 aromatic carbocycles. The smallest absolute Gasteiger partial charge is 0.406 e. The molecule has 6 nitrogen and oxygen atoms in total. The highest BCUT2D eigenvalue weighted by Crippen LogP contribution is 2.27. The predicted molar refractivity (Wildman–Crippen MR) is 112 cm³/mol. The number of alkyl halides is 3. The van der Waals surface area contributed by atoms with Gasteiger partial charge in [-0.2, -0.15) is 5.10 Å². The number of rotatable bonds is 5. The van der Waals surface area contributed by atoms with E-state index >= 15 is 0 Å². The number of hydrogen-bond acceptors (Lipinski definition) is 4. The molecule has 0 bridgehead atoms. The SMILES string of the molecule is O=C1/C(=C\c2cnn(Cc3ccccc3)c2)NC(=S)N1c1ccc(OC(F)(F)F)cc1. The summed E-state index contributed by atoms with van der Waals surface area (Å²) in [6, 6.07) is 14.7. The first kappa shape index (κ1) is 20.6. The van der Waals surface area contributed by atoms with Crippen molar-refractivity contribution in [2.24, 2.45) is 0 Å². The van der Waals surface area contributed by atoms with Crippen molar-refractivity contribution in [2.45, 2.75) is 12.9 Å². The predicted octanol–water partition coefficient (Wildman–Crippen LogP) is 4.09. The molecule has 1 amide bonds. The molecule has 1 fully saturated rings. The summed E-state index contributed by atoms with van der Waals surface area (Å²) < 4.78 is 42.5. The number of halogens is 3. The van der Waals surface area contributed by atoms with Gasteiger partial charge in [0.2, 0.25) is 0 Å². The first-order valence-corrected chi connectivity index (χ1v) is 9.49. The lowest BCUT2D eigenvalue weighted by Crippen LogP contribution is -2.30. The number of ether oxygens (including phenoxy) is 1. The van der Waals surface area contributed by atoms with Crippen LogP contribution >= 0.6 is 12.2 Å². The molecule has 31 heavy (non-hydrogen) atoms. The summed E-state index contributed by atoms with van der Waals surface area (Å²) in [4.78, 5) is 14.0. The summed E-state index contributed by atoms with van der Waals surface area (Å²) in [5, 5.41) is 7.25. The van der Waals surface area contributed by atoms with Crippen LogP contribution in [0.3, 0.4) is 0 Å². The maximum Gasteiger partial charge on any atom is 0.573 e. The molecule has 0 saturated carbocycles. The van der Waals surface area contributed by atoms with Gasteiger partial charge < -0.3 is 10.1 Å². The molecule has 1 saturated heterocycles. The van der Waals surface area contributed by atoms with Crippen LogP contribution in [0.15, 0.2) is 72.7 Å². The average Bonchev–Trinajstić information content (AvgIpc) is 3.26. The summed E-state index contributed by atoms with van der Waals surface area (Å²) in [6.07, 6.45) is 0.247. The molecular weight excluding hydrogens is 429 g/mol. The van der Waals surface area contributed by atoms with Gasteiger partial charge in [0.05, 0.1) is 18.4 Å². The van der Waals surface area contributed by atoms with Crippen LogP contribution in [0.4, 0.5) is 18.9 Å². The third kappa shape index (κ3) is 4.92. The van der Waals surface area contributed by atoms with E-state index in [4.69, 9.17) is 12.2 Å². The molecule has 158 valence electrons. The third-order valence-corrected chi connectivity index (χ3v) is 4.64. The molecule has 4 rings (SSSR count). The molecule has 0 radical (unpaired) electrons. The standard InChI is InChI=1S/C21H15F3N4O2S/c22-21(23,24)30-17-8-6-16(7-9-17)28-19(29)18(26-20(28)31)10-15-11-25-27(13-15)12-14-4-2-1-3-5-14/h1-11,13H,12H2,(H,26,31)/b18-10+. The molecular formula is C21H15F3N4O2S. The Kier molecular flexibility index (Phi) is 5.47. The fourth-order valence-electron chi connectivity index (χ4n) is 3.04. The van der Waals surface area contributed by atoms with E-state index in [1.165, 1.54) is 17.0 Å². The second kappa shape index (κ2) is 8.23. The van der Waals surface area contributed by atoms with Gasteiger partial charge in [-0.1, -0.05) is 30.3 Å². The third-order valence-electron chi connectivity index (χ3n) is 4.36. The fraction of sp³-hybridized carbons (Fsp3) is 0.0952. The van der Waals surface area contributed by atoms with Crippen molar-refractivity contribution in [3.63, 3.8) is 0 Å². The minimum absolute atomic E-state index is 0.123. The van der Waals surface area contributed by atoms with Gasteiger partial charge in [0.15, 0.2) is 5.11 Å². The van der Waals surface area contributed by atoms with Crippen LogP contribution in [0.5, 0.6) is 5.75 Å². The van der Waals surface area contributed by atoms with Crippen molar-refractivity contribution in [3.8, 4) is 5.75 Å². The Balaban J connectivity index is 1.49. The number of aromatic nitrogens is 2. The Morgan fingerprint density at radius 2 is 1.81 bits per heavy atom. The minimum Gasteiger partial charge on any atom is -0.406 e. The maximum atomic E-state index is 12.8. The van der Waals surface area contributed by atoms with Gasteiger partial charge >= 0.3 is 6.36 Å². The van der Waals surface area contributed by atoms with E-state index < -0.39 is 12.3 Å². The van der Waals surface area contributed by atoms with Gasteiger partial charge in [-0.05, 0) is 48.1 Å². The first-order valence-electron chi connectivity index (χ1n) is 9.08. The van der Waals surface area contributed by atoms with E-state index in [-0.39, 0.29) is 16.6 Å². The lowest BCUT2D eigenvalue weighted by Gasteiger charge is -2.15. The number of anilines is 1. The summed E-state index contributed by atoms with van der Waals surface area (Å²) >= 11 is 5.23. The van der Waals surface area contributed by atoms with E-state index in [1.54, 1.807) is 23.2 Å². The normalized spacial score (nSPS) is 15.5. The molecule has 1 N–H and O–H groups in total. The van der Waals surface area contributed by atoms with E-state index in [0.29, 0.717) is 17.8 Å². The van der Waals surface area contributed by atoms with Crippen molar-refractivity contribution in [1.82, 2.24) is 15.1 Å². The topological polar surface area (TPSA) is 59.4 Å². The Morgan fingerprint density at radius 1 is 1.10 bits per heavy atom. The highest BCUT2D eigenvalue weighted by Gasteiger charge is 2.33. The van der Waals surface area contributed by atoms with Gasteiger partial charge in [0.1, 0.15) is 11.4 Å². The zero-order valence-corrected chi connectivity index (χ0v) is 16.7. The van der Waals surface area contributed by atoms with Crippen molar-refractivity contribution >= 4 is 35.0 Å². The second-order valence-corrected chi connectivity index (χ2v) is 7.01. The van der Waals surface area contributed by atoms with Crippen molar-refractivity contribution in [1.29, 1.82) is 0 Å². The van der Waals surface area contributed by atoms with Crippen molar-refractivity contribution in [3.05, 3.63) is 83.8 Å². The van der Waals surface area contributed by atoms with Gasteiger partial charge in [-0.25, -0.2) is 0 Å². The molecule has 0 aliphatic carbocycles. The van der Waals surface area contributed by atoms with Gasteiger partial charge in [0, 0.05) is 11.8 Å². The van der Waals surface area contributed by atoms with Crippen LogP contribution in [0.1, 0.15) is 11.1 Å². The molecule has 2 heterocycles. The number of nitrogens with zero attached hydrogens (tertiary/aromatic N) is 3. The van der Waals surface area contributed by atoms with E-state index in [9.17, 15) is 18.0 Å². The lowest BCUT2D eigenvalue weighted by molar-refractivity contribution is -0.274. The fourth-order valence-corrected chi connectivity index (χ4v) is 3.34. The molecule has 3 aromatic rings. The Hall–Kier alpha value is -3.66. The molecule has 0 spiro atoms. The Labute approximate surface area is 180 Å². The van der Waals surface area contributed by atoms with Crippen LogP contribution < -0.4 is 15.0 Å². The molecule has 0 atom stereocenters. The summed E-state index contributed by atoms with van der Waals surface area (Å²) in [7, 11) is 0. The highest BCUT2D eigenvalue weighted by molar-refractivity contribution is 7.80. The molecule has 10 heteroatoms. The number of nitrogens with one attached hydrogen (secondary N) is 1. The van der Waals surface area contributed by atoms with E-state index in [1.807, 2.05) is 30.3 Å². The minimum atomic E-state index is -4.79.